The van der Waals surface area contributed by atoms with E-state index in [1.165, 1.54) is 12.1 Å². The molecule has 0 saturated carbocycles. The minimum Gasteiger partial charge on any atom is -0.478 e. The van der Waals surface area contributed by atoms with Crippen LogP contribution < -0.4 is 10.5 Å². The molecule has 1 aromatic heterocycles. The molecule has 2 rings (SSSR count). The minimum atomic E-state index is -0.290. The maximum absolute atomic E-state index is 12.9. The standard InChI is InChI=1S/C14H14FN3O/c1-2-19-14-13(17)7-12(8-16)18(14)9-10-3-5-11(15)6-4-10/h3-7H,2,9,17H2,1H3. The molecule has 0 atom stereocenters. The van der Waals surface area contributed by atoms with Gasteiger partial charge in [0.25, 0.3) is 0 Å². The van der Waals surface area contributed by atoms with Crippen LogP contribution in [0.4, 0.5) is 10.1 Å². The number of hydrogen-bond donors (Lipinski definition) is 1. The van der Waals surface area contributed by atoms with Crippen LogP contribution >= 0.6 is 0 Å². The molecule has 5 heteroatoms. The monoisotopic (exact) mass is 259 g/mol. The molecule has 0 aliphatic carbocycles. The summed E-state index contributed by atoms with van der Waals surface area (Å²) >= 11 is 0. The molecule has 0 bridgehead atoms. The molecule has 0 aliphatic rings. The van der Waals surface area contributed by atoms with Gasteiger partial charge in [0.15, 0.2) is 0 Å². The highest BCUT2D eigenvalue weighted by atomic mass is 19.1. The first-order valence-electron chi connectivity index (χ1n) is 5.92. The van der Waals surface area contributed by atoms with Gasteiger partial charge < -0.3 is 10.5 Å². The summed E-state index contributed by atoms with van der Waals surface area (Å²) in [6, 6.07) is 9.76. The smallest absolute Gasteiger partial charge is 0.218 e. The highest BCUT2D eigenvalue weighted by molar-refractivity contribution is 5.55. The van der Waals surface area contributed by atoms with Crippen LogP contribution in [0.15, 0.2) is 30.3 Å². The van der Waals surface area contributed by atoms with E-state index in [4.69, 9.17) is 15.7 Å². The van der Waals surface area contributed by atoms with E-state index >= 15 is 0 Å². The van der Waals surface area contributed by atoms with E-state index in [-0.39, 0.29) is 5.82 Å². The molecule has 2 aromatic rings. The fraction of sp³-hybridized carbons (Fsp3) is 0.214. The summed E-state index contributed by atoms with van der Waals surface area (Å²) in [5.41, 5.74) is 7.55. The van der Waals surface area contributed by atoms with Crippen molar-refractivity contribution in [1.29, 1.82) is 5.26 Å². The maximum Gasteiger partial charge on any atom is 0.218 e. The van der Waals surface area contributed by atoms with Crippen LogP contribution in [0.5, 0.6) is 5.88 Å². The number of ether oxygens (including phenoxy) is 1. The Kier molecular flexibility index (Phi) is 3.71. The first-order valence-corrected chi connectivity index (χ1v) is 5.92. The lowest BCUT2D eigenvalue weighted by atomic mass is 10.2. The third-order valence-electron chi connectivity index (χ3n) is 2.72. The van der Waals surface area contributed by atoms with Crippen molar-refractivity contribution in [2.75, 3.05) is 12.3 Å². The summed E-state index contributed by atoms with van der Waals surface area (Å²) in [7, 11) is 0. The van der Waals surface area contributed by atoms with Crippen LogP contribution in [0, 0.1) is 17.1 Å². The number of anilines is 1. The highest BCUT2D eigenvalue weighted by Crippen LogP contribution is 2.27. The zero-order chi connectivity index (χ0) is 13.8. The molecule has 0 fully saturated rings. The first-order chi connectivity index (χ1) is 9.15. The highest BCUT2D eigenvalue weighted by Gasteiger charge is 2.14. The van der Waals surface area contributed by atoms with E-state index in [1.807, 2.05) is 6.92 Å². The Morgan fingerprint density at radius 1 is 1.37 bits per heavy atom. The predicted molar refractivity (Wildman–Crippen MR) is 70.2 cm³/mol. The van der Waals surface area contributed by atoms with E-state index in [2.05, 4.69) is 6.07 Å². The lowest BCUT2D eigenvalue weighted by Crippen LogP contribution is -2.07. The molecule has 0 unspecified atom stereocenters. The van der Waals surface area contributed by atoms with Crippen molar-refractivity contribution in [2.24, 2.45) is 0 Å². The maximum atomic E-state index is 12.9. The number of nitrogens with two attached hydrogens (primary N) is 1. The van der Waals surface area contributed by atoms with Crippen molar-refractivity contribution in [3.05, 3.63) is 47.4 Å². The number of nitriles is 1. The molecule has 1 aromatic carbocycles. The number of hydrogen-bond acceptors (Lipinski definition) is 3. The Labute approximate surface area is 110 Å². The van der Waals surface area contributed by atoms with Crippen LogP contribution in [0.3, 0.4) is 0 Å². The lowest BCUT2D eigenvalue weighted by Gasteiger charge is -2.11. The largest absolute Gasteiger partial charge is 0.478 e. The van der Waals surface area contributed by atoms with Crippen LogP contribution in [-0.2, 0) is 6.54 Å². The molecule has 4 nitrogen and oxygen atoms in total. The van der Waals surface area contributed by atoms with E-state index in [0.29, 0.717) is 30.4 Å². The average molecular weight is 259 g/mol. The first kappa shape index (κ1) is 13.0. The molecule has 0 saturated heterocycles. The minimum absolute atomic E-state index is 0.290. The van der Waals surface area contributed by atoms with Crippen molar-refractivity contribution >= 4 is 5.69 Å². The number of halogens is 1. The second-order valence-corrected chi connectivity index (χ2v) is 4.05. The Bertz CT molecular complexity index is 611. The van der Waals surface area contributed by atoms with Gasteiger partial charge >= 0.3 is 0 Å². The summed E-state index contributed by atoms with van der Waals surface area (Å²) in [6.07, 6.45) is 0. The topological polar surface area (TPSA) is 64.0 Å². The van der Waals surface area contributed by atoms with Gasteiger partial charge in [-0.25, -0.2) is 4.39 Å². The molecule has 0 aliphatic heterocycles. The van der Waals surface area contributed by atoms with E-state index in [9.17, 15) is 4.39 Å². The van der Waals surface area contributed by atoms with Crippen LogP contribution in [0.25, 0.3) is 0 Å². The summed E-state index contributed by atoms with van der Waals surface area (Å²) in [4.78, 5) is 0. The van der Waals surface area contributed by atoms with Gasteiger partial charge in [0.1, 0.15) is 17.6 Å². The number of benzene rings is 1. The summed E-state index contributed by atoms with van der Waals surface area (Å²) in [5, 5.41) is 9.10. The second kappa shape index (κ2) is 5.44. The van der Waals surface area contributed by atoms with Crippen molar-refractivity contribution < 1.29 is 9.13 Å². The molecular weight excluding hydrogens is 245 g/mol. The quantitative estimate of drug-likeness (QED) is 0.917. The number of rotatable bonds is 4. The van der Waals surface area contributed by atoms with E-state index in [0.717, 1.165) is 5.56 Å². The molecule has 0 radical (unpaired) electrons. The zero-order valence-electron chi connectivity index (χ0n) is 10.6. The molecule has 2 N–H and O–H groups in total. The van der Waals surface area contributed by atoms with Gasteiger partial charge in [0, 0.05) is 6.07 Å². The van der Waals surface area contributed by atoms with Crippen molar-refractivity contribution in [1.82, 2.24) is 4.57 Å². The molecule has 0 spiro atoms. The van der Waals surface area contributed by atoms with Crippen molar-refractivity contribution in [2.45, 2.75) is 13.5 Å². The Hall–Kier alpha value is -2.48. The normalized spacial score (nSPS) is 10.2. The van der Waals surface area contributed by atoms with Gasteiger partial charge in [-0.3, -0.25) is 4.57 Å². The molecular formula is C14H14FN3O. The summed E-state index contributed by atoms with van der Waals surface area (Å²) in [6.45, 7) is 2.72. The summed E-state index contributed by atoms with van der Waals surface area (Å²) < 4.78 is 20.0. The van der Waals surface area contributed by atoms with Gasteiger partial charge in [-0.2, -0.15) is 5.26 Å². The van der Waals surface area contributed by atoms with Crippen LogP contribution in [-0.4, -0.2) is 11.2 Å². The molecule has 0 amide bonds. The Morgan fingerprint density at radius 3 is 2.63 bits per heavy atom. The van der Waals surface area contributed by atoms with E-state index < -0.39 is 0 Å². The average Bonchev–Trinajstić information content (AvgIpc) is 2.70. The zero-order valence-corrected chi connectivity index (χ0v) is 10.6. The molecule has 19 heavy (non-hydrogen) atoms. The fourth-order valence-corrected chi connectivity index (χ4v) is 1.87. The van der Waals surface area contributed by atoms with Gasteiger partial charge in [-0.05, 0) is 24.6 Å². The van der Waals surface area contributed by atoms with E-state index in [1.54, 1.807) is 22.8 Å². The van der Waals surface area contributed by atoms with Gasteiger partial charge in [-0.15, -0.1) is 0 Å². The van der Waals surface area contributed by atoms with Crippen LogP contribution in [0.2, 0.25) is 0 Å². The van der Waals surface area contributed by atoms with Gasteiger partial charge in [0.2, 0.25) is 5.88 Å². The number of nitrogens with zero attached hydrogens (tertiary/aromatic N) is 2. The number of aromatic nitrogens is 1. The van der Waals surface area contributed by atoms with Crippen molar-refractivity contribution in [3.63, 3.8) is 0 Å². The third kappa shape index (κ3) is 2.68. The molecule has 1 heterocycles. The SMILES string of the molecule is CCOc1c(N)cc(C#N)n1Cc1ccc(F)cc1. The third-order valence-corrected chi connectivity index (χ3v) is 2.72. The fourth-order valence-electron chi connectivity index (χ4n) is 1.87. The van der Waals surface area contributed by atoms with Gasteiger partial charge in [-0.1, -0.05) is 12.1 Å². The summed E-state index contributed by atoms with van der Waals surface area (Å²) in [5.74, 6) is 0.185. The lowest BCUT2D eigenvalue weighted by molar-refractivity contribution is 0.313. The second-order valence-electron chi connectivity index (χ2n) is 4.05. The van der Waals surface area contributed by atoms with Gasteiger partial charge in [0.05, 0.1) is 18.8 Å². The van der Waals surface area contributed by atoms with Crippen molar-refractivity contribution in [3.8, 4) is 11.9 Å². The van der Waals surface area contributed by atoms with Crippen LogP contribution in [0.1, 0.15) is 18.2 Å². The Morgan fingerprint density at radius 2 is 2.05 bits per heavy atom. The number of nitrogen functional groups attached to an aromatic ring is 1. The predicted octanol–water partition coefficient (Wildman–Crippen LogP) is 2.53. The molecule has 98 valence electrons. The Balaban J connectivity index is 2.37.